The van der Waals surface area contributed by atoms with E-state index in [4.69, 9.17) is 4.74 Å². The molecule has 2 aromatic rings. The van der Waals surface area contributed by atoms with E-state index in [-0.39, 0.29) is 11.9 Å². The average molecular weight is 381 g/mol. The van der Waals surface area contributed by atoms with Gasteiger partial charge in [0.05, 0.1) is 12.8 Å². The second kappa shape index (κ2) is 10.3. The van der Waals surface area contributed by atoms with Gasteiger partial charge in [0, 0.05) is 32.1 Å². The number of rotatable bonds is 8. The number of carbonyl (C=O) groups is 1. The number of hydrogen-bond acceptors (Lipinski definition) is 3. The molecule has 28 heavy (non-hydrogen) atoms. The van der Waals surface area contributed by atoms with Gasteiger partial charge in [-0.1, -0.05) is 49.4 Å². The molecule has 150 valence electrons. The molecule has 0 aliphatic carbocycles. The molecule has 1 heterocycles. The zero-order chi connectivity index (χ0) is 19.8. The topological polar surface area (TPSA) is 32.8 Å². The molecule has 4 nitrogen and oxygen atoms in total. The van der Waals surface area contributed by atoms with Gasteiger partial charge in [0.2, 0.25) is 5.91 Å². The summed E-state index contributed by atoms with van der Waals surface area (Å²) in [5, 5.41) is 0. The minimum Gasteiger partial charge on any atom is -0.495 e. The van der Waals surface area contributed by atoms with E-state index in [0.29, 0.717) is 6.42 Å². The van der Waals surface area contributed by atoms with Gasteiger partial charge in [-0.05, 0) is 43.4 Å². The summed E-state index contributed by atoms with van der Waals surface area (Å²) in [6, 6.07) is 18.8. The molecule has 1 amide bonds. The Morgan fingerprint density at radius 2 is 1.75 bits per heavy atom. The van der Waals surface area contributed by atoms with E-state index >= 15 is 0 Å². The van der Waals surface area contributed by atoms with E-state index in [9.17, 15) is 4.79 Å². The van der Waals surface area contributed by atoms with Crippen molar-refractivity contribution >= 4 is 11.6 Å². The van der Waals surface area contributed by atoms with Crippen LogP contribution < -0.4 is 9.64 Å². The minimum absolute atomic E-state index is 0.203. The quantitative estimate of drug-likeness (QED) is 0.674. The van der Waals surface area contributed by atoms with E-state index in [1.807, 2.05) is 29.2 Å². The highest BCUT2D eigenvalue weighted by Crippen LogP contribution is 2.32. The van der Waals surface area contributed by atoms with Gasteiger partial charge in [0.15, 0.2) is 0 Å². The summed E-state index contributed by atoms with van der Waals surface area (Å²) in [6.45, 7) is 5.20. The second-order valence-corrected chi connectivity index (χ2v) is 7.49. The van der Waals surface area contributed by atoms with Crippen molar-refractivity contribution in [3.05, 3.63) is 60.2 Å². The Balaban J connectivity index is 1.65. The molecule has 0 bridgehead atoms. The van der Waals surface area contributed by atoms with E-state index in [2.05, 4.69) is 42.2 Å². The van der Waals surface area contributed by atoms with Crippen molar-refractivity contribution in [1.82, 2.24) is 4.90 Å². The van der Waals surface area contributed by atoms with E-state index in [0.717, 1.165) is 56.8 Å². The van der Waals surface area contributed by atoms with Gasteiger partial charge in [0.25, 0.3) is 0 Å². The number of ether oxygens (including phenoxy) is 1. The van der Waals surface area contributed by atoms with Crippen LogP contribution in [0.5, 0.6) is 5.75 Å². The molecule has 1 saturated heterocycles. The van der Waals surface area contributed by atoms with E-state index < -0.39 is 0 Å². The third-order valence-electron chi connectivity index (χ3n) is 5.56. The van der Waals surface area contributed by atoms with E-state index in [1.54, 1.807) is 7.11 Å². The van der Waals surface area contributed by atoms with Crippen LogP contribution in [-0.2, 0) is 11.2 Å². The molecule has 0 N–H and O–H groups in total. The third kappa shape index (κ3) is 5.14. The van der Waals surface area contributed by atoms with Crippen LogP contribution in [-0.4, -0.2) is 43.6 Å². The van der Waals surface area contributed by atoms with Crippen LogP contribution in [0.15, 0.2) is 54.6 Å². The van der Waals surface area contributed by atoms with Gasteiger partial charge in [0.1, 0.15) is 5.75 Å². The first-order valence-corrected chi connectivity index (χ1v) is 10.4. The van der Waals surface area contributed by atoms with Gasteiger partial charge < -0.3 is 14.5 Å². The molecule has 2 aromatic carbocycles. The first-order valence-electron chi connectivity index (χ1n) is 10.4. The smallest absolute Gasteiger partial charge is 0.227 e. The lowest BCUT2D eigenvalue weighted by atomic mass is 10.0. The van der Waals surface area contributed by atoms with Crippen LogP contribution in [0.25, 0.3) is 0 Å². The molecule has 1 aliphatic rings. The summed E-state index contributed by atoms with van der Waals surface area (Å²) >= 11 is 0. The predicted octanol–water partition coefficient (Wildman–Crippen LogP) is 4.54. The molecule has 1 fully saturated rings. The number of hydrogen-bond donors (Lipinski definition) is 0. The maximum atomic E-state index is 13.0. The van der Waals surface area contributed by atoms with E-state index in [1.165, 1.54) is 5.56 Å². The third-order valence-corrected chi connectivity index (χ3v) is 5.56. The van der Waals surface area contributed by atoms with Crippen molar-refractivity contribution in [2.75, 3.05) is 31.6 Å². The Bertz CT molecular complexity index is 739. The van der Waals surface area contributed by atoms with Gasteiger partial charge in [-0.15, -0.1) is 0 Å². The van der Waals surface area contributed by atoms with Gasteiger partial charge >= 0.3 is 0 Å². The summed E-state index contributed by atoms with van der Waals surface area (Å²) in [4.78, 5) is 17.5. The highest BCUT2D eigenvalue weighted by Gasteiger charge is 2.30. The largest absolute Gasteiger partial charge is 0.495 e. The summed E-state index contributed by atoms with van der Waals surface area (Å²) in [5.74, 6) is 0.980. The fourth-order valence-electron chi connectivity index (χ4n) is 4.03. The van der Waals surface area contributed by atoms with Crippen molar-refractivity contribution in [2.24, 2.45) is 0 Å². The number of anilines is 1. The van der Waals surface area contributed by atoms with Crippen molar-refractivity contribution < 1.29 is 9.53 Å². The average Bonchev–Trinajstić information content (AvgIpc) is 2.75. The molecule has 0 unspecified atom stereocenters. The molecule has 0 spiro atoms. The van der Waals surface area contributed by atoms with Crippen LogP contribution >= 0.6 is 0 Å². The van der Waals surface area contributed by atoms with Gasteiger partial charge in [-0.3, -0.25) is 4.79 Å². The first kappa shape index (κ1) is 20.4. The summed E-state index contributed by atoms with van der Waals surface area (Å²) in [6.07, 6.45) is 4.52. The number of benzene rings is 2. The molecule has 0 saturated carbocycles. The summed E-state index contributed by atoms with van der Waals surface area (Å²) in [5.41, 5.74) is 2.30. The number of likely N-dealkylation sites (tertiary alicyclic amines) is 1. The SMILES string of the molecule is CCCC(=O)N(c1ccccc1OC)C1CCN(CCc2ccccc2)CC1. The minimum atomic E-state index is 0.203. The summed E-state index contributed by atoms with van der Waals surface area (Å²) < 4.78 is 5.55. The Kier molecular flexibility index (Phi) is 7.49. The first-order chi connectivity index (χ1) is 13.7. The number of amides is 1. The molecule has 0 aromatic heterocycles. The highest BCUT2D eigenvalue weighted by atomic mass is 16.5. The van der Waals surface area contributed by atoms with Crippen LogP contribution in [0.1, 0.15) is 38.2 Å². The van der Waals surface area contributed by atoms with Gasteiger partial charge in [-0.25, -0.2) is 0 Å². The zero-order valence-electron chi connectivity index (χ0n) is 17.1. The fourth-order valence-corrected chi connectivity index (χ4v) is 4.03. The number of nitrogens with zero attached hydrogens (tertiary/aromatic N) is 2. The lowest BCUT2D eigenvalue weighted by Crippen LogP contribution is -2.48. The van der Waals surface area contributed by atoms with Crippen molar-refractivity contribution in [3.63, 3.8) is 0 Å². The second-order valence-electron chi connectivity index (χ2n) is 7.49. The standard InChI is InChI=1S/C24H32N2O2/c1-3-9-24(27)26(22-12-7-8-13-23(22)28-2)21-15-18-25(19-16-21)17-14-20-10-5-4-6-11-20/h4-8,10-13,21H,3,9,14-19H2,1-2H3. The number of para-hydroxylation sites is 2. The molecule has 4 heteroatoms. The van der Waals surface area contributed by atoms with Crippen LogP contribution in [0, 0.1) is 0 Å². The van der Waals surface area contributed by atoms with Gasteiger partial charge in [-0.2, -0.15) is 0 Å². The van der Waals surface area contributed by atoms with Crippen molar-refractivity contribution in [1.29, 1.82) is 0 Å². The lowest BCUT2D eigenvalue weighted by molar-refractivity contribution is -0.119. The van der Waals surface area contributed by atoms with Crippen molar-refractivity contribution in [2.45, 2.75) is 45.1 Å². The van der Waals surface area contributed by atoms with Crippen molar-refractivity contribution in [3.8, 4) is 5.75 Å². The molecule has 0 radical (unpaired) electrons. The normalized spacial score (nSPS) is 15.4. The predicted molar refractivity (Wildman–Crippen MR) is 115 cm³/mol. The molecule has 1 aliphatic heterocycles. The van der Waals surface area contributed by atoms with Crippen LogP contribution in [0.3, 0.4) is 0 Å². The number of carbonyl (C=O) groups excluding carboxylic acids is 1. The van der Waals surface area contributed by atoms with Crippen LogP contribution in [0.4, 0.5) is 5.69 Å². The number of methoxy groups -OCH3 is 1. The molecular weight excluding hydrogens is 348 g/mol. The Morgan fingerprint density at radius 3 is 2.43 bits per heavy atom. The maximum Gasteiger partial charge on any atom is 0.227 e. The lowest BCUT2D eigenvalue weighted by Gasteiger charge is -2.39. The number of piperidine rings is 1. The molecule has 3 rings (SSSR count). The monoisotopic (exact) mass is 380 g/mol. The summed E-state index contributed by atoms with van der Waals surface area (Å²) in [7, 11) is 1.67. The molecule has 0 atom stereocenters. The highest BCUT2D eigenvalue weighted by molar-refractivity contribution is 5.95. The van der Waals surface area contributed by atoms with Crippen LogP contribution in [0.2, 0.25) is 0 Å². The maximum absolute atomic E-state index is 13.0. The Labute approximate surface area is 169 Å². The fraction of sp³-hybridized carbons (Fsp3) is 0.458. The zero-order valence-corrected chi connectivity index (χ0v) is 17.1. The Hall–Kier alpha value is -2.33. The molecular formula is C24H32N2O2. The Morgan fingerprint density at radius 1 is 1.07 bits per heavy atom.